The molecule has 4 rings (SSSR count). The van der Waals surface area contributed by atoms with Gasteiger partial charge in [0.2, 0.25) is 11.8 Å². The van der Waals surface area contributed by atoms with E-state index < -0.39 is 5.92 Å². The highest BCUT2D eigenvalue weighted by Gasteiger charge is 2.32. The number of para-hydroxylation sites is 1. The number of benzene rings is 1. The number of anilines is 1. The topological polar surface area (TPSA) is 97.3 Å². The van der Waals surface area contributed by atoms with Gasteiger partial charge in [0.25, 0.3) is 0 Å². The van der Waals surface area contributed by atoms with Crippen LogP contribution in [0.5, 0.6) is 5.75 Å². The minimum absolute atomic E-state index is 0.121. The van der Waals surface area contributed by atoms with Crippen LogP contribution in [0.1, 0.15) is 29.3 Å². The minimum Gasteiger partial charge on any atom is -0.495 e. The molecule has 136 valence electrons. The van der Waals surface area contributed by atoms with Crippen LogP contribution in [0.25, 0.3) is 0 Å². The maximum atomic E-state index is 12.7. The molecule has 0 radical (unpaired) electrons. The molecule has 2 aromatic rings. The van der Waals surface area contributed by atoms with Crippen molar-refractivity contribution < 1.29 is 14.3 Å². The third-order valence-electron chi connectivity index (χ3n) is 4.79. The lowest BCUT2D eigenvalue weighted by molar-refractivity contribution is -0.126. The van der Waals surface area contributed by atoms with Gasteiger partial charge in [-0.2, -0.15) is 5.10 Å². The molecule has 2 aliphatic heterocycles. The van der Waals surface area contributed by atoms with Crippen molar-refractivity contribution in [2.75, 3.05) is 19.0 Å². The van der Waals surface area contributed by atoms with Crippen molar-refractivity contribution in [2.45, 2.75) is 32.0 Å². The molecule has 0 bridgehead atoms. The first kappa shape index (κ1) is 16.6. The van der Waals surface area contributed by atoms with E-state index in [4.69, 9.17) is 4.74 Å². The molecular formula is C18H21N5O3. The number of aromatic nitrogens is 2. The van der Waals surface area contributed by atoms with E-state index in [-0.39, 0.29) is 18.2 Å². The molecule has 1 aromatic carbocycles. The lowest BCUT2D eigenvalue weighted by Gasteiger charge is -2.26. The molecule has 0 fully saturated rings. The monoisotopic (exact) mass is 355 g/mol. The summed E-state index contributed by atoms with van der Waals surface area (Å²) in [6.45, 7) is 2.86. The highest BCUT2D eigenvalue weighted by atomic mass is 16.5. The van der Waals surface area contributed by atoms with Crippen LogP contribution in [0.3, 0.4) is 0 Å². The van der Waals surface area contributed by atoms with Gasteiger partial charge in [0.05, 0.1) is 43.2 Å². The maximum Gasteiger partial charge on any atom is 0.228 e. The molecular weight excluding hydrogens is 334 g/mol. The molecule has 2 amide bonds. The van der Waals surface area contributed by atoms with Crippen LogP contribution in [-0.4, -0.2) is 35.2 Å². The van der Waals surface area contributed by atoms with E-state index in [1.54, 1.807) is 13.2 Å². The summed E-state index contributed by atoms with van der Waals surface area (Å²) in [4.78, 5) is 24.8. The summed E-state index contributed by atoms with van der Waals surface area (Å²) >= 11 is 0. The van der Waals surface area contributed by atoms with Gasteiger partial charge in [-0.3, -0.25) is 14.3 Å². The first-order chi connectivity index (χ1) is 12.7. The number of ether oxygens (including phenoxy) is 1. The summed E-state index contributed by atoms with van der Waals surface area (Å²) in [6, 6.07) is 7.44. The van der Waals surface area contributed by atoms with E-state index in [0.717, 1.165) is 36.6 Å². The normalized spacial score (nSPS) is 18.5. The second-order valence-corrected chi connectivity index (χ2v) is 6.47. The number of nitrogens with zero attached hydrogens (tertiary/aromatic N) is 2. The van der Waals surface area contributed by atoms with Crippen LogP contribution in [0.15, 0.2) is 24.3 Å². The highest BCUT2D eigenvalue weighted by Crippen LogP contribution is 2.38. The van der Waals surface area contributed by atoms with Gasteiger partial charge in [-0.05, 0) is 17.7 Å². The SMILES string of the molecule is COc1cccc2c1NC(=O)CC2C(=O)NCc1cc2n(n1)CCNC2. The van der Waals surface area contributed by atoms with Crippen molar-refractivity contribution in [3.63, 3.8) is 0 Å². The summed E-state index contributed by atoms with van der Waals surface area (Å²) in [5, 5.41) is 13.5. The van der Waals surface area contributed by atoms with E-state index >= 15 is 0 Å². The van der Waals surface area contributed by atoms with Crippen LogP contribution in [-0.2, 0) is 29.2 Å². The van der Waals surface area contributed by atoms with Crippen LogP contribution in [0.2, 0.25) is 0 Å². The average molecular weight is 355 g/mol. The van der Waals surface area contributed by atoms with Gasteiger partial charge in [-0.25, -0.2) is 0 Å². The molecule has 3 N–H and O–H groups in total. The summed E-state index contributed by atoms with van der Waals surface area (Å²) < 4.78 is 7.26. The van der Waals surface area contributed by atoms with E-state index in [2.05, 4.69) is 21.0 Å². The Labute approximate surface area is 150 Å². The molecule has 0 aliphatic carbocycles. The second kappa shape index (κ2) is 6.80. The van der Waals surface area contributed by atoms with E-state index in [9.17, 15) is 9.59 Å². The number of methoxy groups -OCH3 is 1. The van der Waals surface area contributed by atoms with Crippen LogP contribution >= 0.6 is 0 Å². The molecule has 1 unspecified atom stereocenters. The zero-order valence-corrected chi connectivity index (χ0v) is 14.5. The van der Waals surface area contributed by atoms with Crippen molar-refractivity contribution >= 4 is 17.5 Å². The maximum absolute atomic E-state index is 12.7. The molecule has 0 saturated carbocycles. The zero-order valence-electron chi connectivity index (χ0n) is 14.5. The quantitative estimate of drug-likeness (QED) is 0.751. The third-order valence-corrected chi connectivity index (χ3v) is 4.79. The molecule has 0 spiro atoms. The summed E-state index contributed by atoms with van der Waals surface area (Å²) in [7, 11) is 1.54. The van der Waals surface area contributed by atoms with Crippen molar-refractivity contribution in [1.29, 1.82) is 0 Å². The number of rotatable bonds is 4. The number of hydrogen-bond acceptors (Lipinski definition) is 5. The lowest BCUT2D eigenvalue weighted by Crippen LogP contribution is -2.35. The number of carbonyl (C=O) groups is 2. The minimum atomic E-state index is -0.534. The molecule has 8 nitrogen and oxygen atoms in total. The summed E-state index contributed by atoms with van der Waals surface area (Å²) in [6.07, 6.45) is 0.121. The largest absolute Gasteiger partial charge is 0.495 e. The van der Waals surface area contributed by atoms with E-state index in [0.29, 0.717) is 18.0 Å². The molecule has 1 atom stereocenters. The molecule has 8 heteroatoms. The van der Waals surface area contributed by atoms with E-state index in [1.165, 1.54) is 0 Å². The Kier molecular flexibility index (Phi) is 4.34. The van der Waals surface area contributed by atoms with Gasteiger partial charge in [0.15, 0.2) is 0 Å². The molecule has 0 saturated heterocycles. The molecule has 1 aromatic heterocycles. The Morgan fingerprint density at radius 2 is 2.35 bits per heavy atom. The van der Waals surface area contributed by atoms with Gasteiger partial charge in [-0.1, -0.05) is 12.1 Å². The first-order valence-corrected chi connectivity index (χ1v) is 8.66. The summed E-state index contributed by atoms with van der Waals surface area (Å²) in [5.41, 5.74) is 3.29. The standard InChI is InChI=1S/C18H21N5O3/c1-26-15-4-2-3-13-14(8-16(24)21-17(13)15)18(25)20-9-11-7-12-10-19-5-6-23(12)22-11/h2-4,7,14,19H,5-6,8-10H2,1H3,(H,20,25)(H,21,24). The fraction of sp³-hybridized carbons (Fsp3) is 0.389. The van der Waals surface area contributed by atoms with Crippen LogP contribution in [0, 0.1) is 0 Å². The average Bonchev–Trinajstić information content (AvgIpc) is 3.08. The third kappa shape index (κ3) is 3.03. The first-order valence-electron chi connectivity index (χ1n) is 8.66. The predicted octanol–water partition coefficient (Wildman–Crippen LogP) is 0.737. The molecule has 2 aliphatic rings. The van der Waals surface area contributed by atoms with Gasteiger partial charge in [0, 0.05) is 19.5 Å². The Morgan fingerprint density at radius 1 is 1.46 bits per heavy atom. The lowest BCUT2D eigenvalue weighted by atomic mass is 9.89. The number of hydrogen-bond donors (Lipinski definition) is 3. The fourth-order valence-corrected chi connectivity index (χ4v) is 3.50. The fourth-order valence-electron chi connectivity index (χ4n) is 3.50. The van der Waals surface area contributed by atoms with Gasteiger partial charge >= 0.3 is 0 Å². The number of fused-ring (bicyclic) bond motifs is 2. The van der Waals surface area contributed by atoms with E-state index in [1.807, 2.05) is 22.9 Å². The van der Waals surface area contributed by atoms with Gasteiger partial charge in [0.1, 0.15) is 5.75 Å². The smallest absolute Gasteiger partial charge is 0.228 e. The number of carbonyl (C=O) groups excluding carboxylic acids is 2. The van der Waals surface area contributed by atoms with Crippen LogP contribution in [0.4, 0.5) is 5.69 Å². The van der Waals surface area contributed by atoms with Crippen LogP contribution < -0.4 is 20.7 Å². The van der Waals surface area contributed by atoms with Gasteiger partial charge in [-0.15, -0.1) is 0 Å². The van der Waals surface area contributed by atoms with Crippen molar-refractivity contribution in [3.05, 3.63) is 41.2 Å². The zero-order chi connectivity index (χ0) is 18.1. The Bertz CT molecular complexity index is 837. The molecule has 26 heavy (non-hydrogen) atoms. The Balaban J connectivity index is 1.50. The van der Waals surface area contributed by atoms with Crippen molar-refractivity contribution in [2.24, 2.45) is 0 Å². The molecule has 3 heterocycles. The van der Waals surface area contributed by atoms with Crippen molar-refractivity contribution in [1.82, 2.24) is 20.4 Å². The van der Waals surface area contributed by atoms with Crippen molar-refractivity contribution in [3.8, 4) is 5.75 Å². The van der Waals surface area contributed by atoms with Gasteiger partial charge < -0.3 is 20.7 Å². The Hall–Kier alpha value is -2.87. The highest BCUT2D eigenvalue weighted by molar-refractivity contribution is 6.02. The predicted molar refractivity (Wildman–Crippen MR) is 94.8 cm³/mol. The number of amides is 2. The summed E-state index contributed by atoms with van der Waals surface area (Å²) in [5.74, 6) is -0.348. The second-order valence-electron chi connectivity index (χ2n) is 6.47. The Morgan fingerprint density at radius 3 is 3.15 bits per heavy atom. The number of nitrogens with one attached hydrogen (secondary N) is 3.